The highest BCUT2D eigenvalue weighted by Gasteiger charge is 2.21. The number of pyridine rings is 1. The van der Waals surface area contributed by atoms with Crippen molar-refractivity contribution < 1.29 is 4.79 Å². The van der Waals surface area contributed by atoms with Crippen LogP contribution in [0.3, 0.4) is 0 Å². The molecule has 2 aromatic heterocycles. The molecule has 0 atom stereocenters. The second-order valence-electron chi connectivity index (χ2n) is 7.21. The Labute approximate surface area is 159 Å². The van der Waals surface area contributed by atoms with Crippen LogP contribution in [0.4, 0.5) is 0 Å². The molecule has 1 saturated heterocycles. The Morgan fingerprint density at radius 2 is 2.04 bits per heavy atom. The number of carbonyl (C=O) groups excluding carboxylic acids is 1. The van der Waals surface area contributed by atoms with E-state index in [-0.39, 0.29) is 11.9 Å². The van der Waals surface area contributed by atoms with Crippen LogP contribution in [0.15, 0.2) is 42.7 Å². The van der Waals surface area contributed by atoms with E-state index < -0.39 is 0 Å². The van der Waals surface area contributed by atoms with E-state index in [1.165, 1.54) is 0 Å². The molecule has 1 aromatic carbocycles. The maximum atomic E-state index is 13.1. The van der Waals surface area contributed by atoms with Crippen LogP contribution in [0.25, 0.3) is 22.2 Å². The number of nitrogens with zero attached hydrogens (tertiary/aromatic N) is 4. The van der Waals surface area contributed by atoms with Crippen LogP contribution in [-0.4, -0.2) is 51.8 Å². The van der Waals surface area contributed by atoms with Crippen molar-refractivity contribution in [3.63, 3.8) is 0 Å². The summed E-state index contributed by atoms with van der Waals surface area (Å²) in [5.74, 6) is -0.0210. The van der Waals surface area contributed by atoms with Gasteiger partial charge < -0.3 is 10.2 Å². The van der Waals surface area contributed by atoms with E-state index in [2.05, 4.69) is 22.4 Å². The molecule has 3 aromatic rings. The third kappa shape index (κ3) is 3.71. The summed E-state index contributed by atoms with van der Waals surface area (Å²) in [6.45, 7) is 4.88. The van der Waals surface area contributed by atoms with E-state index in [1.54, 1.807) is 6.20 Å². The minimum Gasteiger partial charge on any atom is -0.349 e. The van der Waals surface area contributed by atoms with Gasteiger partial charge in [0.25, 0.3) is 5.91 Å². The molecular weight excluding hydrogens is 338 g/mol. The lowest BCUT2D eigenvalue weighted by atomic mass is 10.0. The van der Waals surface area contributed by atoms with Crippen LogP contribution in [0.2, 0.25) is 0 Å². The molecule has 1 N–H and O–H groups in total. The lowest BCUT2D eigenvalue weighted by molar-refractivity contribution is 0.0918. The maximum absolute atomic E-state index is 13.1. The molecule has 140 valence electrons. The first kappa shape index (κ1) is 17.7. The molecule has 1 amide bonds. The lowest BCUT2D eigenvalue weighted by Gasteiger charge is -2.29. The molecule has 1 aliphatic heterocycles. The zero-order chi connectivity index (χ0) is 18.8. The van der Waals surface area contributed by atoms with E-state index in [0.717, 1.165) is 54.6 Å². The van der Waals surface area contributed by atoms with Gasteiger partial charge in [-0.05, 0) is 52.0 Å². The number of benzene rings is 1. The predicted octanol–water partition coefficient (Wildman–Crippen LogP) is 2.94. The maximum Gasteiger partial charge on any atom is 0.252 e. The number of amides is 1. The van der Waals surface area contributed by atoms with Gasteiger partial charge in [0.1, 0.15) is 0 Å². The standard InChI is InChI=1S/C21H25N5O/c1-3-26-14-15(13-22-26)20-12-18(17-6-4-5-7-19(17)24-20)21(27)23-16-8-10-25(2)11-9-16/h4-7,12-14,16H,3,8-11H2,1-2H3,(H,23,27). The Hall–Kier alpha value is -2.73. The smallest absolute Gasteiger partial charge is 0.252 e. The van der Waals surface area contributed by atoms with Gasteiger partial charge in [0, 0.05) is 29.7 Å². The van der Waals surface area contributed by atoms with Gasteiger partial charge in [0.2, 0.25) is 0 Å². The average molecular weight is 363 g/mol. The third-order valence-electron chi connectivity index (χ3n) is 5.27. The predicted molar refractivity (Wildman–Crippen MR) is 107 cm³/mol. The van der Waals surface area contributed by atoms with Gasteiger partial charge in [-0.15, -0.1) is 0 Å². The third-order valence-corrected chi connectivity index (χ3v) is 5.27. The van der Waals surface area contributed by atoms with Crippen molar-refractivity contribution in [2.45, 2.75) is 32.4 Å². The van der Waals surface area contributed by atoms with Gasteiger partial charge >= 0.3 is 0 Å². The first-order valence-electron chi connectivity index (χ1n) is 9.56. The Bertz CT molecular complexity index is 956. The molecular formula is C21H25N5O. The summed E-state index contributed by atoms with van der Waals surface area (Å²) in [6.07, 6.45) is 5.75. The molecule has 0 unspecified atom stereocenters. The summed E-state index contributed by atoms with van der Waals surface area (Å²) in [7, 11) is 2.12. The fourth-order valence-corrected chi connectivity index (χ4v) is 3.60. The number of hydrogen-bond donors (Lipinski definition) is 1. The molecule has 1 fully saturated rings. The zero-order valence-electron chi connectivity index (χ0n) is 15.9. The van der Waals surface area contributed by atoms with E-state index in [4.69, 9.17) is 4.98 Å². The first-order chi connectivity index (χ1) is 13.1. The van der Waals surface area contributed by atoms with Gasteiger partial charge in [-0.2, -0.15) is 5.10 Å². The fraction of sp³-hybridized carbons (Fsp3) is 0.381. The minimum absolute atomic E-state index is 0.0210. The second kappa shape index (κ2) is 7.48. The van der Waals surface area contributed by atoms with Crippen LogP contribution in [-0.2, 0) is 6.54 Å². The molecule has 3 heterocycles. The molecule has 1 aliphatic rings. The monoisotopic (exact) mass is 363 g/mol. The van der Waals surface area contributed by atoms with Crippen molar-refractivity contribution in [3.05, 3.63) is 48.3 Å². The number of nitrogens with one attached hydrogen (secondary N) is 1. The molecule has 27 heavy (non-hydrogen) atoms. The van der Waals surface area contributed by atoms with E-state index in [1.807, 2.05) is 48.1 Å². The molecule has 0 bridgehead atoms. The topological polar surface area (TPSA) is 63.1 Å². The number of para-hydroxylation sites is 1. The van der Waals surface area contributed by atoms with Crippen LogP contribution in [0, 0.1) is 0 Å². The SMILES string of the molecule is CCn1cc(-c2cc(C(=O)NC3CCN(C)CC3)c3ccccc3n2)cn1. The van der Waals surface area contributed by atoms with Gasteiger partial charge in [-0.25, -0.2) is 4.98 Å². The number of likely N-dealkylation sites (tertiary alicyclic amines) is 1. The molecule has 0 aliphatic carbocycles. The highest BCUT2D eigenvalue weighted by atomic mass is 16.1. The summed E-state index contributed by atoms with van der Waals surface area (Å²) >= 11 is 0. The number of rotatable bonds is 4. The Morgan fingerprint density at radius 3 is 2.78 bits per heavy atom. The highest BCUT2D eigenvalue weighted by molar-refractivity contribution is 6.07. The van der Waals surface area contributed by atoms with Gasteiger partial charge in [-0.1, -0.05) is 18.2 Å². The van der Waals surface area contributed by atoms with Crippen molar-refractivity contribution in [1.82, 2.24) is 25.0 Å². The fourth-order valence-electron chi connectivity index (χ4n) is 3.60. The summed E-state index contributed by atoms with van der Waals surface area (Å²) < 4.78 is 1.87. The summed E-state index contributed by atoms with van der Waals surface area (Å²) in [5.41, 5.74) is 3.21. The van der Waals surface area contributed by atoms with Gasteiger partial charge in [0.05, 0.1) is 23.0 Å². The van der Waals surface area contributed by atoms with Crippen molar-refractivity contribution in [2.24, 2.45) is 0 Å². The Balaban J connectivity index is 1.68. The summed E-state index contributed by atoms with van der Waals surface area (Å²) in [6, 6.07) is 9.94. The number of aromatic nitrogens is 3. The molecule has 0 spiro atoms. The number of carbonyl (C=O) groups is 1. The van der Waals surface area contributed by atoms with Gasteiger partial charge in [-0.3, -0.25) is 9.48 Å². The first-order valence-corrected chi connectivity index (χ1v) is 9.56. The Kier molecular flexibility index (Phi) is 4.90. The van der Waals surface area contributed by atoms with Crippen LogP contribution >= 0.6 is 0 Å². The molecule has 6 nitrogen and oxygen atoms in total. The van der Waals surface area contributed by atoms with E-state index >= 15 is 0 Å². The van der Waals surface area contributed by atoms with Crippen LogP contribution in [0.5, 0.6) is 0 Å². The number of fused-ring (bicyclic) bond motifs is 1. The largest absolute Gasteiger partial charge is 0.349 e. The van der Waals surface area contributed by atoms with E-state index in [0.29, 0.717) is 5.56 Å². The Morgan fingerprint density at radius 1 is 1.26 bits per heavy atom. The van der Waals surface area contributed by atoms with Crippen molar-refractivity contribution >= 4 is 16.8 Å². The summed E-state index contributed by atoms with van der Waals surface area (Å²) in [4.78, 5) is 20.1. The number of hydrogen-bond acceptors (Lipinski definition) is 4. The zero-order valence-corrected chi connectivity index (χ0v) is 15.9. The van der Waals surface area contributed by atoms with E-state index in [9.17, 15) is 4.79 Å². The van der Waals surface area contributed by atoms with Crippen LogP contribution in [0.1, 0.15) is 30.1 Å². The number of aryl methyl sites for hydroxylation is 1. The minimum atomic E-state index is -0.0210. The normalized spacial score (nSPS) is 15.9. The quantitative estimate of drug-likeness (QED) is 0.774. The molecule has 6 heteroatoms. The molecule has 4 rings (SSSR count). The lowest BCUT2D eigenvalue weighted by Crippen LogP contribution is -2.43. The van der Waals surface area contributed by atoms with Crippen molar-refractivity contribution in [2.75, 3.05) is 20.1 Å². The van der Waals surface area contributed by atoms with Crippen LogP contribution < -0.4 is 5.32 Å². The van der Waals surface area contributed by atoms with Crippen molar-refractivity contribution in [1.29, 1.82) is 0 Å². The second-order valence-corrected chi connectivity index (χ2v) is 7.21. The average Bonchev–Trinajstić information content (AvgIpc) is 3.18. The highest BCUT2D eigenvalue weighted by Crippen LogP contribution is 2.25. The van der Waals surface area contributed by atoms with Gasteiger partial charge in [0.15, 0.2) is 0 Å². The number of piperidine rings is 1. The molecule has 0 saturated carbocycles. The summed E-state index contributed by atoms with van der Waals surface area (Å²) in [5, 5.41) is 8.45. The van der Waals surface area contributed by atoms with Crippen molar-refractivity contribution in [3.8, 4) is 11.3 Å². The molecule has 0 radical (unpaired) electrons.